The highest BCUT2D eigenvalue weighted by Crippen LogP contribution is 2.29. The second-order valence-electron chi connectivity index (χ2n) is 8.80. The van der Waals surface area contributed by atoms with Crippen molar-refractivity contribution in [3.8, 4) is 0 Å². The van der Waals surface area contributed by atoms with Crippen molar-refractivity contribution in [2.24, 2.45) is 0 Å². The van der Waals surface area contributed by atoms with E-state index in [1.54, 1.807) is 17.2 Å². The molecule has 0 unspecified atom stereocenters. The third-order valence-corrected chi connectivity index (χ3v) is 6.16. The van der Waals surface area contributed by atoms with E-state index >= 15 is 0 Å². The number of aromatic nitrogens is 3. The van der Waals surface area contributed by atoms with Crippen LogP contribution in [0.4, 0.5) is 5.69 Å². The molecule has 1 aliphatic heterocycles. The van der Waals surface area contributed by atoms with E-state index in [0.29, 0.717) is 30.9 Å². The Morgan fingerprint density at radius 2 is 1.91 bits per heavy atom. The zero-order valence-electron chi connectivity index (χ0n) is 19.3. The third-order valence-electron chi connectivity index (χ3n) is 6.16. The Kier molecular flexibility index (Phi) is 5.76. The Morgan fingerprint density at radius 3 is 2.65 bits per heavy atom. The summed E-state index contributed by atoms with van der Waals surface area (Å²) < 4.78 is 2.14. The van der Waals surface area contributed by atoms with Crippen molar-refractivity contribution in [3.05, 3.63) is 107 Å². The number of nitrogens with zero attached hydrogens (tertiary/aromatic N) is 3. The molecule has 2 aromatic heterocycles. The van der Waals surface area contributed by atoms with Gasteiger partial charge in [0.1, 0.15) is 11.5 Å². The van der Waals surface area contributed by atoms with Crippen LogP contribution in [0.3, 0.4) is 0 Å². The Labute approximate surface area is 198 Å². The van der Waals surface area contributed by atoms with Gasteiger partial charge in [-0.25, -0.2) is 4.98 Å². The second-order valence-corrected chi connectivity index (χ2v) is 8.80. The van der Waals surface area contributed by atoms with Crippen LogP contribution in [0.1, 0.15) is 56.6 Å². The molecule has 0 aliphatic carbocycles. The first-order valence-electron chi connectivity index (χ1n) is 11.4. The van der Waals surface area contributed by atoms with Gasteiger partial charge in [-0.15, -0.1) is 0 Å². The molecule has 2 N–H and O–H groups in total. The highest BCUT2D eigenvalue weighted by Gasteiger charge is 2.33. The quantitative estimate of drug-likeness (QED) is 0.464. The number of carbonyl (C=O) groups excluding carboxylic acids is 2. The summed E-state index contributed by atoms with van der Waals surface area (Å²) in [5.74, 6) is 0.476. The number of hydrogen-bond acceptors (Lipinski definition) is 3. The molecule has 5 rings (SSSR count). The summed E-state index contributed by atoms with van der Waals surface area (Å²) in [5.41, 5.74) is 4.57. The second kappa shape index (κ2) is 9.02. The lowest BCUT2D eigenvalue weighted by atomic mass is 10.1. The zero-order valence-corrected chi connectivity index (χ0v) is 19.3. The van der Waals surface area contributed by atoms with Gasteiger partial charge in [0.15, 0.2) is 5.69 Å². The summed E-state index contributed by atoms with van der Waals surface area (Å²) in [6.45, 7) is 4.91. The molecule has 0 saturated heterocycles. The number of anilines is 1. The normalized spacial score (nSPS) is 15.1. The summed E-state index contributed by atoms with van der Waals surface area (Å²) in [7, 11) is 0. The standard InChI is InChI=1S/C27H27N5O2/c1-18-8-6-11-21(14-18)29-26(33)25-23-17-31(27(34)22-12-7-13-28-22)16-19(2)32(23)24(30-25)15-20-9-4-3-5-10-20/h3-14,19,28H,15-17H2,1-2H3,(H,29,33)/t19-/m1/s1. The van der Waals surface area contributed by atoms with E-state index in [0.717, 1.165) is 28.3 Å². The number of hydrogen-bond donors (Lipinski definition) is 2. The molecule has 1 aliphatic rings. The lowest BCUT2D eigenvalue weighted by molar-refractivity contribution is 0.0676. The SMILES string of the molecule is Cc1cccc(NC(=O)c2nc(Cc3ccccc3)n3c2CN(C(=O)c2ccc[nH]2)C[C@H]3C)c1. The van der Waals surface area contributed by atoms with Crippen LogP contribution >= 0.6 is 0 Å². The molecule has 1 atom stereocenters. The van der Waals surface area contributed by atoms with Crippen molar-refractivity contribution in [1.29, 1.82) is 0 Å². The van der Waals surface area contributed by atoms with E-state index in [-0.39, 0.29) is 17.9 Å². The van der Waals surface area contributed by atoms with Gasteiger partial charge in [0.05, 0.1) is 12.2 Å². The molecular formula is C27H27N5O2. The number of aryl methyl sites for hydroxylation is 1. The summed E-state index contributed by atoms with van der Waals surface area (Å²) in [6, 6.07) is 21.3. The Balaban J connectivity index is 1.52. The first-order valence-corrected chi connectivity index (χ1v) is 11.4. The molecule has 4 aromatic rings. The number of aromatic amines is 1. The number of benzene rings is 2. The number of rotatable bonds is 5. The lowest BCUT2D eigenvalue weighted by Crippen LogP contribution is -2.41. The van der Waals surface area contributed by atoms with Gasteiger partial charge in [-0.1, -0.05) is 42.5 Å². The van der Waals surface area contributed by atoms with Crippen LogP contribution in [0, 0.1) is 6.92 Å². The van der Waals surface area contributed by atoms with Gasteiger partial charge < -0.3 is 19.8 Å². The number of fused-ring (bicyclic) bond motifs is 1. The molecular weight excluding hydrogens is 426 g/mol. The van der Waals surface area contributed by atoms with E-state index in [2.05, 4.69) is 33.9 Å². The Morgan fingerprint density at radius 1 is 1.09 bits per heavy atom. The number of H-pyrrole nitrogens is 1. The molecule has 0 saturated carbocycles. The molecule has 0 radical (unpaired) electrons. The minimum Gasteiger partial charge on any atom is -0.357 e. The maximum Gasteiger partial charge on any atom is 0.276 e. The summed E-state index contributed by atoms with van der Waals surface area (Å²) in [5, 5.41) is 2.99. The summed E-state index contributed by atoms with van der Waals surface area (Å²) in [6.07, 6.45) is 2.35. The molecule has 0 fully saturated rings. The number of imidazole rings is 1. The van der Waals surface area contributed by atoms with Crippen LogP contribution in [-0.4, -0.2) is 37.8 Å². The molecule has 7 nitrogen and oxygen atoms in total. The maximum absolute atomic E-state index is 13.4. The van der Waals surface area contributed by atoms with Gasteiger partial charge in [-0.05, 0) is 49.2 Å². The monoisotopic (exact) mass is 453 g/mol. The van der Waals surface area contributed by atoms with E-state index in [1.165, 1.54) is 0 Å². The lowest BCUT2D eigenvalue weighted by Gasteiger charge is -2.34. The smallest absolute Gasteiger partial charge is 0.276 e. The third kappa shape index (κ3) is 4.24. The van der Waals surface area contributed by atoms with Crippen LogP contribution in [0.5, 0.6) is 0 Å². The van der Waals surface area contributed by atoms with Crippen molar-refractivity contribution in [2.75, 3.05) is 11.9 Å². The molecule has 7 heteroatoms. The number of carbonyl (C=O) groups is 2. The van der Waals surface area contributed by atoms with Crippen LogP contribution < -0.4 is 5.32 Å². The van der Waals surface area contributed by atoms with Crippen molar-refractivity contribution in [2.45, 2.75) is 32.9 Å². The predicted octanol–water partition coefficient (Wildman–Crippen LogP) is 4.58. The van der Waals surface area contributed by atoms with Crippen LogP contribution in [0.15, 0.2) is 72.9 Å². The minimum absolute atomic E-state index is 0.0191. The van der Waals surface area contributed by atoms with Gasteiger partial charge in [-0.2, -0.15) is 0 Å². The van der Waals surface area contributed by atoms with Crippen molar-refractivity contribution >= 4 is 17.5 Å². The summed E-state index contributed by atoms with van der Waals surface area (Å²) >= 11 is 0. The van der Waals surface area contributed by atoms with Crippen molar-refractivity contribution in [1.82, 2.24) is 19.4 Å². The highest BCUT2D eigenvalue weighted by molar-refractivity contribution is 6.04. The van der Waals surface area contributed by atoms with Crippen molar-refractivity contribution < 1.29 is 9.59 Å². The predicted molar refractivity (Wildman–Crippen MR) is 131 cm³/mol. The van der Waals surface area contributed by atoms with Crippen LogP contribution in [0.25, 0.3) is 0 Å². The van der Waals surface area contributed by atoms with Crippen LogP contribution in [0.2, 0.25) is 0 Å². The highest BCUT2D eigenvalue weighted by atomic mass is 16.2. The molecule has 34 heavy (non-hydrogen) atoms. The van der Waals surface area contributed by atoms with E-state index in [4.69, 9.17) is 4.98 Å². The number of amides is 2. The zero-order chi connectivity index (χ0) is 23.7. The fourth-order valence-electron chi connectivity index (χ4n) is 4.62. The molecule has 0 spiro atoms. The van der Waals surface area contributed by atoms with Gasteiger partial charge in [-0.3, -0.25) is 9.59 Å². The van der Waals surface area contributed by atoms with E-state index in [1.807, 2.05) is 55.5 Å². The average Bonchev–Trinajstić information content (AvgIpc) is 3.48. The van der Waals surface area contributed by atoms with Crippen molar-refractivity contribution in [3.63, 3.8) is 0 Å². The van der Waals surface area contributed by atoms with Crippen LogP contribution in [-0.2, 0) is 13.0 Å². The van der Waals surface area contributed by atoms with E-state index < -0.39 is 0 Å². The number of nitrogens with one attached hydrogen (secondary N) is 2. The average molecular weight is 454 g/mol. The molecule has 172 valence electrons. The van der Waals surface area contributed by atoms with Gasteiger partial charge >= 0.3 is 0 Å². The van der Waals surface area contributed by atoms with Gasteiger partial charge in [0.2, 0.25) is 0 Å². The summed E-state index contributed by atoms with van der Waals surface area (Å²) in [4.78, 5) is 36.1. The Bertz CT molecular complexity index is 1320. The molecule has 2 amide bonds. The largest absolute Gasteiger partial charge is 0.357 e. The van der Waals surface area contributed by atoms with E-state index in [9.17, 15) is 9.59 Å². The Hall–Kier alpha value is -4.13. The van der Waals surface area contributed by atoms with Gasteiger partial charge in [0, 0.05) is 30.9 Å². The maximum atomic E-state index is 13.4. The van der Waals surface area contributed by atoms with Gasteiger partial charge in [0.25, 0.3) is 11.8 Å². The first-order chi connectivity index (χ1) is 16.5. The topological polar surface area (TPSA) is 83.0 Å². The fourth-order valence-corrected chi connectivity index (χ4v) is 4.62. The molecule has 2 aromatic carbocycles. The first kappa shape index (κ1) is 21.7. The minimum atomic E-state index is -0.268. The molecule has 0 bridgehead atoms. The molecule has 3 heterocycles. The fraction of sp³-hybridized carbons (Fsp3) is 0.222.